The molecule has 3 N–H and O–H groups in total. The number of rotatable bonds is 0. The SMILES string of the molecule is C1CC2C[NH2+]CCC2CN1. The van der Waals surface area contributed by atoms with Gasteiger partial charge in [-0.3, -0.25) is 0 Å². The highest BCUT2D eigenvalue weighted by Gasteiger charge is 2.29. The molecule has 2 aliphatic heterocycles. The first-order valence-corrected chi connectivity index (χ1v) is 4.49. The quantitative estimate of drug-likeness (QED) is 0.453. The van der Waals surface area contributed by atoms with Crippen molar-refractivity contribution in [2.24, 2.45) is 11.8 Å². The van der Waals surface area contributed by atoms with Crippen molar-refractivity contribution in [1.82, 2.24) is 5.32 Å². The van der Waals surface area contributed by atoms with Gasteiger partial charge in [0, 0.05) is 12.3 Å². The number of hydrogen-bond donors (Lipinski definition) is 2. The summed E-state index contributed by atoms with van der Waals surface area (Å²) in [6.07, 6.45) is 2.86. The number of nitrogens with one attached hydrogen (secondary N) is 1. The van der Waals surface area contributed by atoms with E-state index in [1.165, 1.54) is 39.0 Å². The van der Waals surface area contributed by atoms with Crippen LogP contribution >= 0.6 is 0 Å². The molecule has 0 spiro atoms. The van der Waals surface area contributed by atoms with E-state index >= 15 is 0 Å². The first-order chi connectivity index (χ1) is 4.97. The van der Waals surface area contributed by atoms with Crippen molar-refractivity contribution in [3.8, 4) is 0 Å². The molecule has 0 aromatic heterocycles. The second-order valence-corrected chi connectivity index (χ2v) is 3.61. The first-order valence-electron chi connectivity index (χ1n) is 4.49. The Labute approximate surface area is 62.4 Å². The molecule has 0 aromatic rings. The zero-order valence-corrected chi connectivity index (χ0v) is 6.47. The summed E-state index contributed by atoms with van der Waals surface area (Å²) in [7, 11) is 0. The molecule has 0 radical (unpaired) electrons. The van der Waals surface area contributed by atoms with Crippen LogP contribution in [-0.4, -0.2) is 26.2 Å². The zero-order chi connectivity index (χ0) is 6.81. The lowest BCUT2D eigenvalue weighted by Crippen LogP contribution is -2.88. The van der Waals surface area contributed by atoms with Gasteiger partial charge in [-0.05, 0) is 25.4 Å². The van der Waals surface area contributed by atoms with Crippen LogP contribution in [0.1, 0.15) is 12.8 Å². The lowest BCUT2D eigenvalue weighted by molar-refractivity contribution is -0.672. The molecule has 2 heterocycles. The summed E-state index contributed by atoms with van der Waals surface area (Å²) in [6.45, 7) is 5.31. The van der Waals surface area contributed by atoms with Gasteiger partial charge < -0.3 is 10.6 Å². The average Bonchev–Trinajstić information content (AvgIpc) is 2.05. The second-order valence-electron chi connectivity index (χ2n) is 3.61. The fourth-order valence-electron chi connectivity index (χ4n) is 2.29. The van der Waals surface area contributed by atoms with E-state index in [0.717, 1.165) is 11.8 Å². The molecule has 0 amide bonds. The topological polar surface area (TPSA) is 28.6 Å². The molecular formula is C8H17N2+. The predicted octanol–water partition coefficient (Wildman–Crippen LogP) is -0.821. The summed E-state index contributed by atoms with van der Waals surface area (Å²) in [6, 6.07) is 0. The molecule has 2 nitrogen and oxygen atoms in total. The molecule has 10 heavy (non-hydrogen) atoms. The summed E-state index contributed by atoms with van der Waals surface area (Å²) >= 11 is 0. The highest BCUT2D eigenvalue weighted by molar-refractivity contribution is 4.78. The molecule has 2 fully saturated rings. The molecule has 2 atom stereocenters. The lowest BCUT2D eigenvalue weighted by Gasteiger charge is -2.34. The molecule has 2 rings (SSSR count). The molecule has 0 bridgehead atoms. The Balaban J connectivity index is 1.93. The van der Waals surface area contributed by atoms with Gasteiger partial charge in [-0.1, -0.05) is 0 Å². The van der Waals surface area contributed by atoms with Crippen molar-refractivity contribution >= 4 is 0 Å². The fourth-order valence-corrected chi connectivity index (χ4v) is 2.29. The Morgan fingerprint density at radius 3 is 3.10 bits per heavy atom. The molecule has 0 saturated carbocycles. The third kappa shape index (κ3) is 1.18. The lowest BCUT2D eigenvalue weighted by atomic mass is 9.82. The van der Waals surface area contributed by atoms with Gasteiger partial charge in [-0.15, -0.1) is 0 Å². The van der Waals surface area contributed by atoms with Crippen molar-refractivity contribution in [2.45, 2.75) is 12.8 Å². The molecule has 2 aliphatic rings. The van der Waals surface area contributed by atoms with Gasteiger partial charge in [0.2, 0.25) is 0 Å². The van der Waals surface area contributed by atoms with Crippen molar-refractivity contribution in [3.63, 3.8) is 0 Å². The van der Waals surface area contributed by atoms with E-state index in [1.807, 2.05) is 0 Å². The van der Waals surface area contributed by atoms with Gasteiger partial charge in [0.1, 0.15) is 0 Å². The van der Waals surface area contributed by atoms with E-state index in [-0.39, 0.29) is 0 Å². The maximum Gasteiger partial charge on any atom is 0.0787 e. The Morgan fingerprint density at radius 1 is 1.20 bits per heavy atom. The van der Waals surface area contributed by atoms with Gasteiger partial charge in [0.25, 0.3) is 0 Å². The third-order valence-corrected chi connectivity index (χ3v) is 2.98. The van der Waals surface area contributed by atoms with Crippen LogP contribution in [0.2, 0.25) is 0 Å². The number of nitrogens with two attached hydrogens (primary N) is 1. The Hall–Kier alpha value is -0.0800. The van der Waals surface area contributed by atoms with Crippen LogP contribution in [-0.2, 0) is 0 Å². The largest absolute Gasteiger partial charge is 0.346 e. The van der Waals surface area contributed by atoms with Gasteiger partial charge in [0.05, 0.1) is 13.1 Å². The van der Waals surface area contributed by atoms with Crippen LogP contribution in [0.3, 0.4) is 0 Å². The smallest absolute Gasteiger partial charge is 0.0787 e. The second kappa shape index (κ2) is 2.89. The third-order valence-electron chi connectivity index (χ3n) is 2.98. The van der Waals surface area contributed by atoms with Crippen LogP contribution in [0.5, 0.6) is 0 Å². The minimum atomic E-state index is 1.01. The standard InChI is InChI=1S/C8H16N2/c1-3-9-6-8-2-4-10-5-7(1)8/h7-10H,1-6H2/p+1. The monoisotopic (exact) mass is 141 g/mol. The van der Waals surface area contributed by atoms with E-state index in [2.05, 4.69) is 10.6 Å². The highest BCUT2D eigenvalue weighted by atomic mass is 14.9. The van der Waals surface area contributed by atoms with Gasteiger partial charge in [0.15, 0.2) is 0 Å². The molecule has 2 saturated heterocycles. The zero-order valence-electron chi connectivity index (χ0n) is 6.47. The van der Waals surface area contributed by atoms with E-state index in [4.69, 9.17) is 0 Å². The van der Waals surface area contributed by atoms with Crippen LogP contribution in [0.15, 0.2) is 0 Å². The van der Waals surface area contributed by atoms with E-state index in [1.54, 1.807) is 0 Å². The molecule has 2 unspecified atom stereocenters. The Kier molecular flexibility index (Phi) is 1.91. The van der Waals surface area contributed by atoms with Crippen molar-refractivity contribution in [1.29, 1.82) is 0 Å². The van der Waals surface area contributed by atoms with Crippen molar-refractivity contribution < 1.29 is 5.32 Å². The molecule has 2 heteroatoms. The molecule has 0 aromatic carbocycles. The average molecular weight is 141 g/mol. The highest BCUT2D eigenvalue weighted by Crippen LogP contribution is 2.21. The summed E-state index contributed by atoms with van der Waals surface area (Å²) in [5.41, 5.74) is 0. The van der Waals surface area contributed by atoms with Gasteiger partial charge in [-0.2, -0.15) is 0 Å². The van der Waals surface area contributed by atoms with Crippen molar-refractivity contribution in [2.75, 3.05) is 26.2 Å². The molecule has 58 valence electrons. The summed E-state index contributed by atoms with van der Waals surface area (Å²) in [5, 5.41) is 5.95. The van der Waals surface area contributed by atoms with Gasteiger partial charge >= 0.3 is 0 Å². The predicted molar refractivity (Wildman–Crippen MR) is 40.7 cm³/mol. The minimum Gasteiger partial charge on any atom is -0.346 e. The van der Waals surface area contributed by atoms with Crippen LogP contribution < -0.4 is 10.6 Å². The van der Waals surface area contributed by atoms with Crippen molar-refractivity contribution in [3.05, 3.63) is 0 Å². The van der Waals surface area contributed by atoms with Gasteiger partial charge in [-0.25, -0.2) is 0 Å². The maximum absolute atomic E-state index is 3.47. The number of piperidine rings is 2. The van der Waals surface area contributed by atoms with E-state index in [0.29, 0.717) is 0 Å². The number of fused-ring (bicyclic) bond motifs is 1. The minimum absolute atomic E-state index is 1.01. The van der Waals surface area contributed by atoms with E-state index < -0.39 is 0 Å². The Bertz CT molecular complexity index is 87.8. The number of hydrogen-bond acceptors (Lipinski definition) is 1. The normalized spacial score (nSPS) is 40.8. The van der Waals surface area contributed by atoms with Crippen LogP contribution in [0, 0.1) is 11.8 Å². The van der Waals surface area contributed by atoms with Crippen LogP contribution in [0.25, 0.3) is 0 Å². The summed E-state index contributed by atoms with van der Waals surface area (Å²) in [5.74, 6) is 2.05. The first kappa shape index (κ1) is 6.62. The maximum atomic E-state index is 3.47. The summed E-state index contributed by atoms with van der Waals surface area (Å²) < 4.78 is 0. The molecular weight excluding hydrogens is 124 g/mol. The van der Waals surface area contributed by atoms with Crippen LogP contribution in [0.4, 0.5) is 0 Å². The van der Waals surface area contributed by atoms with E-state index in [9.17, 15) is 0 Å². The Morgan fingerprint density at radius 2 is 2.20 bits per heavy atom. The number of quaternary nitrogens is 1. The fraction of sp³-hybridized carbons (Fsp3) is 1.00. The summed E-state index contributed by atoms with van der Waals surface area (Å²) in [4.78, 5) is 0. The molecule has 0 aliphatic carbocycles.